The maximum atomic E-state index is 12.4. The SMILES string of the molecule is C=Cc1ccccc1[C@@H]1C(=O)C=C(OC)[C@@H]1CCCC. The minimum Gasteiger partial charge on any atom is -0.501 e. The average molecular weight is 270 g/mol. The highest BCUT2D eigenvalue weighted by Crippen LogP contribution is 2.41. The van der Waals surface area contributed by atoms with Crippen LogP contribution in [-0.4, -0.2) is 12.9 Å². The molecule has 0 spiro atoms. The lowest BCUT2D eigenvalue weighted by atomic mass is 9.82. The number of hydrogen-bond donors (Lipinski definition) is 0. The van der Waals surface area contributed by atoms with Gasteiger partial charge in [0.2, 0.25) is 0 Å². The zero-order valence-corrected chi connectivity index (χ0v) is 12.3. The topological polar surface area (TPSA) is 26.3 Å². The van der Waals surface area contributed by atoms with Crippen molar-refractivity contribution >= 4 is 11.9 Å². The lowest BCUT2D eigenvalue weighted by Gasteiger charge is -2.22. The monoisotopic (exact) mass is 270 g/mol. The van der Waals surface area contributed by atoms with Crippen LogP contribution in [0.25, 0.3) is 6.08 Å². The molecule has 0 saturated heterocycles. The molecular weight excluding hydrogens is 248 g/mol. The van der Waals surface area contributed by atoms with Crippen LogP contribution in [0.2, 0.25) is 0 Å². The van der Waals surface area contributed by atoms with Crippen molar-refractivity contribution in [3.05, 3.63) is 53.8 Å². The molecule has 0 heterocycles. The van der Waals surface area contributed by atoms with Crippen LogP contribution >= 0.6 is 0 Å². The molecule has 0 fully saturated rings. The second-order valence-corrected chi connectivity index (χ2v) is 5.21. The first-order valence-electron chi connectivity index (χ1n) is 7.23. The highest BCUT2D eigenvalue weighted by atomic mass is 16.5. The van der Waals surface area contributed by atoms with E-state index in [1.165, 1.54) is 0 Å². The molecule has 0 radical (unpaired) electrons. The summed E-state index contributed by atoms with van der Waals surface area (Å²) in [7, 11) is 1.65. The third kappa shape index (κ3) is 2.69. The van der Waals surface area contributed by atoms with E-state index in [0.717, 1.165) is 36.1 Å². The molecule has 2 atom stereocenters. The minimum absolute atomic E-state index is 0.120. The first-order chi connectivity index (χ1) is 9.72. The molecule has 1 aliphatic rings. The van der Waals surface area contributed by atoms with Crippen LogP contribution in [0.5, 0.6) is 0 Å². The van der Waals surface area contributed by atoms with E-state index in [1.54, 1.807) is 13.2 Å². The number of unbranched alkanes of at least 4 members (excludes halogenated alkanes) is 1. The Balaban J connectivity index is 2.37. The maximum Gasteiger partial charge on any atom is 0.167 e. The Morgan fingerprint density at radius 1 is 1.35 bits per heavy atom. The van der Waals surface area contributed by atoms with Gasteiger partial charge in [-0.2, -0.15) is 0 Å². The van der Waals surface area contributed by atoms with Crippen molar-refractivity contribution in [1.82, 2.24) is 0 Å². The van der Waals surface area contributed by atoms with Crippen LogP contribution in [0.15, 0.2) is 42.7 Å². The van der Waals surface area contributed by atoms with Crippen LogP contribution in [0.3, 0.4) is 0 Å². The quantitative estimate of drug-likeness (QED) is 0.769. The Labute approximate surface area is 121 Å². The standard InChI is InChI=1S/C18H22O2/c1-4-6-10-15-17(20-3)12-16(19)18(15)14-11-8-7-9-13(14)5-2/h5,7-9,11-12,15,18H,2,4,6,10H2,1,3H3/t15-,18-/m0/s1. The fraction of sp³-hybridized carbons (Fsp3) is 0.389. The van der Waals surface area contributed by atoms with E-state index in [9.17, 15) is 4.79 Å². The van der Waals surface area contributed by atoms with Gasteiger partial charge in [0.05, 0.1) is 13.0 Å². The Morgan fingerprint density at radius 3 is 2.75 bits per heavy atom. The third-order valence-electron chi connectivity index (χ3n) is 4.01. The number of ether oxygens (including phenoxy) is 1. The van der Waals surface area contributed by atoms with E-state index in [4.69, 9.17) is 4.74 Å². The molecule has 20 heavy (non-hydrogen) atoms. The van der Waals surface area contributed by atoms with Gasteiger partial charge in [0, 0.05) is 12.0 Å². The lowest BCUT2D eigenvalue weighted by molar-refractivity contribution is -0.116. The molecule has 1 aromatic carbocycles. The van der Waals surface area contributed by atoms with Gasteiger partial charge in [-0.3, -0.25) is 4.79 Å². The highest BCUT2D eigenvalue weighted by Gasteiger charge is 2.38. The van der Waals surface area contributed by atoms with Gasteiger partial charge in [-0.25, -0.2) is 0 Å². The molecule has 0 amide bonds. The summed E-state index contributed by atoms with van der Waals surface area (Å²) in [4.78, 5) is 12.4. The summed E-state index contributed by atoms with van der Waals surface area (Å²) in [6.45, 7) is 6.02. The molecular formula is C18H22O2. The van der Waals surface area contributed by atoms with Gasteiger partial charge in [-0.1, -0.05) is 56.7 Å². The molecule has 0 N–H and O–H groups in total. The van der Waals surface area contributed by atoms with Crippen molar-refractivity contribution in [2.75, 3.05) is 7.11 Å². The summed E-state index contributed by atoms with van der Waals surface area (Å²) in [6, 6.07) is 8.01. The largest absolute Gasteiger partial charge is 0.501 e. The summed E-state index contributed by atoms with van der Waals surface area (Å²) >= 11 is 0. The second-order valence-electron chi connectivity index (χ2n) is 5.21. The van der Waals surface area contributed by atoms with Crippen molar-refractivity contribution in [3.63, 3.8) is 0 Å². The lowest BCUT2D eigenvalue weighted by Crippen LogP contribution is -2.17. The zero-order valence-electron chi connectivity index (χ0n) is 12.3. The molecule has 0 saturated carbocycles. The Morgan fingerprint density at radius 2 is 2.10 bits per heavy atom. The first-order valence-corrected chi connectivity index (χ1v) is 7.23. The number of benzene rings is 1. The van der Waals surface area contributed by atoms with Gasteiger partial charge in [0.15, 0.2) is 5.78 Å². The van der Waals surface area contributed by atoms with Crippen molar-refractivity contribution in [1.29, 1.82) is 0 Å². The van der Waals surface area contributed by atoms with Crippen LogP contribution in [0, 0.1) is 5.92 Å². The molecule has 106 valence electrons. The van der Waals surface area contributed by atoms with E-state index >= 15 is 0 Å². The maximum absolute atomic E-state index is 12.4. The molecule has 2 rings (SSSR count). The van der Waals surface area contributed by atoms with E-state index < -0.39 is 0 Å². The fourth-order valence-electron chi connectivity index (χ4n) is 2.99. The molecule has 1 aliphatic carbocycles. The predicted molar refractivity (Wildman–Crippen MR) is 82.4 cm³/mol. The number of methoxy groups -OCH3 is 1. The van der Waals surface area contributed by atoms with E-state index in [1.807, 2.05) is 30.3 Å². The third-order valence-corrected chi connectivity index (χ3v) is 4.01. The van der Waals surface area contributed by atoms with Gasteiger partial charge in [-0.15, -0.1) is 0 Å². The summed E-state index contributed by atoms with van der Waals surface area (Å²) in [6.07, 6.45) is 6.70. The van der Waals surface area contributed by atoms with Gasteiger partial charge in [0.25, 0.3) is 0 Å². The number of hydrogen-bond acceptors (Lipinski definition) is 2. The Hall–Kier alpha value is -1.83. The summed E-state index contributed by atoms with van der Waals surface area (Å²) < 4.78 is 5.43. The van der Waals surface area contributed by atoms with Crippen LogP contribution in [0.4, 0.5) is 0 Å². The van der Waals surface area contributed by atoms with Crippen LogP contribution in [-0.2, 0) is 9.53 Å². The van der Waals surface area contributed by atoms with E-state index in [0.29, 0.717) is 0 Å². The Bertz CT molecular complexity index is 528. The molecule has 0 bridgehead atoms. The number of rotatable bonds is 6. The van der Waals surface area contributed by atoms with Gasteiger partial charge in [-0.05, 0) is 17.5 Å². The van der Waals surface area contributed by atoms with E-state index in [2.05, 4.69) is 13.5 Å². The summed E-state index contributed by atoms with van der Waals surface area (Å²) in [5.74, 6) is 1.02. The van der Waals surface area contributed by atoms with Crippen molar-refractivity contribution in [2.24, 2.45) is 5.92 Å². The molecule has 0 unspecified atom stereocenters. The normalized spacial score (nSPS) is 21.7. The number of carbonyl (C=O) groups excluding carboxylic acids is 1. The molecule has 0 aromatic heterocycles. The number of ketones is 1. The van der Waals surface area contributed by atoms with Crippen molar-refractivity contribution < 1.29 is 9.53 Å². The van der Waals surface area contributed by atoms with Crippen molar-refractivity contribution in [2.45, 2.75) is 32.1 Å². The summed E-state index contributed by atoms with van der Waals surface area (Å²) in [5.41, 5.74) is 2.11. The molecule has 0 aliphatic heterocycles. The smallest absolute Gasteiger partial charge is 0.167 e. The fourth-order valence-corrected chi connectivity index (χ4v) is 2.99. The van der Waals surface area contributed by atoms with Crippen LogP contribution in [0.1, 0.15) is 43.2 Å². The van der Waals surface area contributed by atoms with Gasteiger partial charge < -0.3 is 4.74 Å². The summed E-state index contributed by atoms with van der Waals surface area (Å²) in [5, 5.41) is 0. The minimum atomic E-state index is -0.120. The first kappa shape index (κ1) is 14.6. The molecule has 2 heteroatoms. The predicted octanol–water partition coefficient (Wildman–Crippen LogP) is 4.33. The van der Waals surface area contributed by atoms with Crippen molar-refractivity contribution in [3.8, 4) is 0 Å². The Kier molecular flexibility index (Phi) is 4.78. The van der Waals surface area contributed by atoms with E-state index in [-0.39, 0.29) is 17.6 Å². The average Bonchev–Trinajstić information content (AvgIpc) is 2.80. The number of allylic oxidation sites excluding steroid dienone is 2. The van der Waals surface area contributed by atoms with Gasteiger partial charge in [0.1, 0.15) is 5.76 Å². The number of carbonyl (C=O) groups is 1. The highest BCUT2D eigenvalue weighted by molar-refractivity contribution is 5.99. The van der Waals surface area contributed by atoms with Gasteiger partial charge >= 0.3 is 0 Å². The zero-order chi connectivity index (χ0) is 14.5. The van der Waals surface area contributed by atoms with Crippen LogP contribution < -0.4 is 0 Å². The molecule has 1 aromatic rings. The molecule has 2 nitrogen and oxygen atoms in total. The second kappa shape index (κ2) is 6.56.